The Balaban J connectivity index is 2.03. The van der Waals surface area contributed by atoms with Gasteiger partial charge in [-0.1, -0.05) is 19.8 Å². The fourth-order valence-corrected chi connectivity index (χ4v) is 2.56. The number of nitrogens with one attached hydrogen (secondary N) is 1. The highest BCUT2D eigenvalue weighted by Gasteiger charge is 2.19. The number of rotatable bonds is 4. The molecular formula is C13H22N4O. The van der Waals surface area contributed by atoms with Crippen molar-refractivity contribution in [2.24, 2.45) is 5.92 Å². The van der Waals surface area contributed by atoms with Crippen LogP contribution in [0.1, 0.15) is 38.4 Å². The van der Waals surface area contributed by atoms with E-state index in [1.54, 1.807) is 13.2 Å². The van der Waals surface area contributed by atoms with Crippen LogP contribution in [0.2, 0.25) is 0 Å². The lowest BCUT2D eigenvalue weighted by atomic mass is 9.87. The molecular weight excluding hydrogens is 228 g/mol. The molecule has 5 heteroatoms. The Bertz CT molecular complexity index is 397. The summed E-state index contributed by atoms with van der Waals surface area (Å²) >= 11 is 0. The van der Waals surface area contributed by atoms with Crippen LogP contribution < -0.4 is 11.1 Å². The first-order valence-corrected chi connectivity index (χ1v) is 6.56. The molecule has 5 nitrogen and oxygen atoms in total. The Morgan fingerprint density at radius 3 is 3.00 bits per heavy atom. The van der Waals surface area contributed by atoms with Crippen molar-refractivity contribution in [1.29, 1.82) is 0 Å². The van der Waals surface area contributed by atoms with Crippen LogP contribution in [-0.4, -0.2) is 23.1 Å². The van der Waals surface area contributed by atoms with Gasteiger partial charge in [0.25, 0.3) is 0 Å². The van der Waals surface area contributed by atoms with E-state index in [1.807, 2.05) is 0 Å². The topological polar surface area (TPSA) is 73.1 Å². The van der Waals surface area contributed by atoms with Gasteiger partial charge in [0.2, 0.25) is 0 Å². The molecule has 18 heavy (non-hydrogen) atoms. The first-order valence-electron chi connectivity index (χ1n) is 6.56. The summed E-state index contributed by atoms with van der Waals surface area (Å²) in [5, 5.41) is 3.46. The molecule has 0 aromatic carbocycles. The average Bonchev–Trinajstić information content (AvgIpc) is 2.28. The van der Waals surface area contributed by atoms with Crippen molar-refractivity contribution in [3.8, 4) is 0 Å². The summed E-state index contributed by atoms with van der Waals surface area (Å²) in [6.07, 6.45) is 5.01. The molecule has 0 aliphatic heterocycles. The number of hydrogen-bond donors (Lipinski definition) is 2. The summed E-state index contributed by atoms with van der Waals surface area (Å²) in [6, 6.07) is 2.29. The third-order valence-corrected chi connectivity index (χ3v) is 3.35. The van der Waals surface area contributed by atoms with E-state index in [0.29, 0.717) is 24.3 Å². The molecule has 1 saturated carbocycles. The van der Waals surface area contributed by atoms with Gasteiger partial charge < -0.3 is 15.8 Å². The van der Waals surface area contributed by atoms with Crippen molar-refractivity contribution in [2.75, 3.05) is 18.2 Å². The molecule has 1 fully saturated rings. The molecule has 0 spiro atoms. The summed E-state index contributed by atoms with van der Waals surface area (Å²) in [6.45, 7) is 2.69. The van der Waals surface area contributed by atoms with Crippen LogP contribution in [0, 0.1) is 5.92 Å². The van der Waals surface area contributed by atoms with Gasteiger partial charge in [-0.15, -0.1) is 0 Å². The molecule has 1 aromatic rings. The van der Waals surface area contributed by atoms with E-state index >= 15 is 0 Å². The van der Waals surface area contributed by atoms with Crippen molar-refractivity contribution in [1.82, 2.24) is 9.97 Å². The molecule has 0 radical (unpaired) electrons. The van der Waals surface area contributed by atoms with E-state index in [-0.39, 0.29) is 0 Å². The lowest BCUT2D eigenvalue weighted by Crippen LogP contribution is -2.27. The summed E-state index contributed by atoms with van der Waals surface area (Å²) in [5.41, 5.74) is 5.78. The van der Waals surface area contributed by atoms with Crippen LogP contribution >= 0.6 is 0 Å². The third-order valence-electron chi connectivity index (χ3n) is 3.35. The molecule has 0 saturated heterocycles. The second-order valence-electron chi connectivity index (χ2n) is 5.14. The van der Waals surface area contributed by atoms with Gasteiger partial charge in [0.15, 0.2) is 5.82 Å². The zero-order valence-corrected chi connectivity index (χ0v) is 11.1. The number of methoxy groups -OCH3 is 1. The lowest BCUT2D eigenvalue weighted by molar-refractivity contribution is 0.178. The smallest absolute Gasteiger partial charge is 0.158 e. The summed E-state index contributed by atoms with van der Waals surface area (Å²) in [5.74, 6) is 2.72. The van der Waals surface area contributed by atoms with Gasteiger partial charge in [0.1, 0.15) is 18.2 Å². The number of anilines is 2. The van der Waals surface area contributed by atoms with Crippen LogP contribution in [0.15, 0.2) is 6.07 Å². The van der Waals surface area contributed by atoms with Crippen LogP contribution in [0.5, 0.6) is 0 Å². The molecule has 2 atom stereocenters. The van der Waals surface area contributed by atoms with Crippen molar-refractivity contribution < 1.29 is 4.74 Å². The maximum atomic E-state index is 5.78. The van der Waals surface area contributed by atoms with Crippen LogP contribution in [0.4, 0.5) is 11.6 Å². The molecule has 3 N–H and O–H groups in total. The number of nitrogen functional groups attached to an aromatic ring is 1. The maximum absolute atomic E-state index is 5.78. The van der Waals surface area contributed by atoms with Gasteiger partial charge in [0.05, 0.1) is 0 Å². The third kappa shape index (κ3) is 3.57. The van der Waals surface area contributed by atoms with Crippen LogP contribution in [0.25, 0.3) is 0 Å². The summed E-state index contributed by atoms with van der Waals surface area (Å²) in [7, 11) is 1.63. The Kier molecular flexibility index (Phi) is 4.36. The van der Waals surface area contributed by atoms with E-state index in [4.69, 9.17) is 10.5 Å². The first kappa shape index (κ1) is 13.1. The molecule has 100 valence electrons. The largest absolute Gasteiger partial charge is 0.384 e. The SMILES string of the molecule is COCc1nc(N)cc(NC2CCCC(C)C2)n1. The Morgan fingerprint density at radius 2 is 2.28 bits per heavy atom. The second kappa shape index (κ2) is 6.00. The summed E-state index contributed by atoms with van der Waals surface area (Å²) in [4.78, 5) is 8.55. The van der Waals surface area contributed by atoms with Crippen molar-refractivity contribution in [2.45, 2.75) is 45.3 Å². The zero-order chi connectivity index (χ0) is 13.0. The Labute approximate surface area is 108 Å². The molecule has 1 heterocycles. The van der Waals surface area contributed by atoms with Gasteiger partial charge >= 0.3 is 0 Å². The highest BCUT2D eigenvalue weighted by Crippen LogP contribution is 2.26. The average molecular weight is 250 g/mol. The molecule has 2 unspecified atom stereocenters. The van der Waals surface area contributed by atoms with Crippen molar-refractivity contribution in [3.63, 3.8) is 0 Å². The number of nitrogens with two attached hydrogens (primary N) is 1. The minimum atomic E-state index is 0.390. The Hall–Kier alpha value is -1.36. The molecule has 2 rings (SSSR count). The van der Waals surface area contributed by atoms with Gasteiger partial charge in [0, 0.05) is 19.2 Å². The fraction of sp³-hybridized carbons (Fsp3) is 0.692. The Morgan fingerprint density at radius 1 is 1.44 bits per heavy atom. The van der Waals surface area contributed by atoms with E-state index in [2.05, 4.69) is 22.2 Å². The zero-order valence-electron chi connectivity index (χ0n) is 11.1. The highest BCUT2D eigenvalue weighted by molar-refractivity contribution is 5.45. The summed E-state index contributed by atoms with van der Waals surface area (Å²) < 4.78 is 5.04. The number of ether oxygens (including phenoxy) is 1. The van der Waals surface area contributed by atoms with E-state index < -0.39 is 0 Å². The highest BCUT2D eigenvalue weighted by atomic mass is 16.5. The van der Waals surface area contributed by atoms with Crippen molar-refractivity contribution in [3.05, 3.63) is 11.9 Å². The minimum absolute atomic E-state index is 0.390. The monoisotopic (exact) mass is 250 g/mol. The van der Waals surface area contributed by atoms with Gasteiger partial charge in [-0.05, 0) is 18.8 Å². The van der Waals surface area contributed by atoms with Crippen LogP contribution in [0.3, 0.4) is 0 Å². The van der Waals surface area contributed by atoms with Crippen LogP contribution in [-0.2, 0) is 11.3 Å². The predicted molar refractivity (Wildman–Crippen MR) is 72.2 cm³/mol. The second-order valence-corrected chi connectivity index (χ2v) is 5.14. The number of hydrogen-bond acceptors (Lipinski definition) is 5. The van der Waals surface area contributed by atoms with Gasteiger partial charge in [-0.25, -0.2) is 9.97 Å². The van der Waals surface area contributed by atoms with Gasteiger partial charge in [-0.2, -0.15) is 0 Å². The molecule has 1 aromatic heterocycles. The fourth-order valence-electron chi connectivity index (χ4n) is 2.56. The molecule has 0 bridgehead atoms. The maximum Gasteiger partial charge on any atom is 0.158 e. The van der Waals surface area contributed by atoms with E-state index in [0.717, 1.165) is 11.7 Å². The molecule has 1 aliphatic carbocycles. The minimum Gasteiger partial charge on any atom is -0.384 e. The molecule has 0 amide bonds. The van der Waals surface area contributed by atoms with E-state index in [9.17, 15) is 0 Å². The molecule has 1 aliphatic rings. The lowest BCUT2D eigenvalue weighted by Gasteiger charge is -2.27. The quantitative estimate of drug-likeness (QED) is 0.857. The normalized spacial score (nSPS) is 23.9. The predicted octanol–water partition coefficient (Wildman–Crippen LogP) is 2.20. The van der Waals surface area contributed by atoms with E-state index in [1.165, 1.54) is 25.7 Å². The van der Waals surface area contributed by atoms with Gasteiger partial charge in [-0.3, -0.25) is 0 Å². The number of nitrogens with zero attached hydrogens (tertiary/aromatic N) is 2. The first-order chi connectivity index (χ1) is 8.67. The van der Waals surface area contributed by atoms with Crippen molar-refractivity contribution >= 4 is 11.6 Å². The number of aromatic nitrogens is 2. The standard InChI is InChI=1S/C13H22N4O/c1-9-4-3-5-10(6-9)15-12-7-11(14)16-13(17-12)8-18-2/h7,9-10H,3-6,8H2,1-2H3,(H3,14,15,16,17).